The third-order valence-corrected chi connectivity index (χ3v) is 3.60. The normalized spacial score (nSPS) is 22.0. The smallest absolute Gasteiger partial charge is 0.146 e. The van der Waals surface area contributed by atoms with Gasteiger partial charge < -0.3 is 5.73 Å². The first-order chi connectivity index (χ1) is 6.34. The molecular formula is C9H13N3S. The van der Waals surface area contributed by atoms with Crippen LogP contribution in [0.25, 0.3) is 0 Å². The first-order valence-corrected chi connectivity index (χ1v) is 5.59. The minimum absolute atomic E-state index is 0.503. The van der Waals surface area contributed by atoms with Crippen LogP contribution in [-0.2, 0) is 6.42 Å². The fourth-order valence-corrected chi connectivity index (χ4v) is 2.81. The van der Waals surface area contributed by atoms with Gasteiger partial charge in [0.25, 0.3) is 0 Å². The Kier molecular flexibility index (Phi) is 2.68. The Morgan fingerprint density at radius 3 is 3.00 bits per heavy atom. The van der Waals surface area contributed by atoms with E-state index in [2.05, 4.69) is 10.2 Å². The third kappa shape index (κ3) is 2.34. The van der Waals surface area contributed by atoms with Gasteiger partial charge in [-0.15, -0.1) is 5.10 Å². The molecule has 0 amide bonds. The van der Waals surface area contributed by atoms with Crippen molar-refractivity contribution in [1.29, 1.82) is 0 Å². The van der Waals surface area contributed by atoms with E-state index >= 15 is 0 Å². The van der Waals surface area contributed by atoms with Gasteiger partial charge >= 0.3 is 0 Å². The maximum Gasteiger partial charge on any atom is 0.146 e. The lowest BCUT2D eigenvalue weighted by Crippen LogP contribution is -2.05. The van der Waals surface area contributed by atoms with E-state index in [1.807, 2.05) is 23.9 Å². The summed E-state index contributed by atoms with van der Waals surface area (Å²) in [7, 11) is 0. The summed E-state index contributed by atoms with van der Waals surface area (Å²) in [5, 5.41) is 8.64. The van der Waals surface area contributed by atoms with Crippen molar-refractivity contribution < 1.29 is 0 Å². The Labute approximate surface area is 82.1 Å². The highest BCUT2D eigenvalue weighted by Gasteiger charge is 2.16. The molecule has 70 valence electrons. The maximum atomic E-state index is 5.46. The molecule has 3 nitrogen and oxygen atoms in total. The van der Waals surface area contributed by atoms with E-state index in [9.17, 15) is 0 Å². The zero-order chi connectivity index (χ0) is 9.10. The fourth-order valence-electron chi connectivity index (χ4n) is 1.52. The Morgan fingerprint density at radius 1 is 1.46 bits per heavy atom. The summed E-state index contributed by atoms with van der Waals surface area (Å²) >= 11 is 2.04. The molecule has 1 fully saturated rings. The molecule has 0 bridgehead atoms. The van der Waals surface area contributed by atoms with Gasteiger partial charge in [-0.1, -0.05) is 0 Å². The Balaban J connectivity index is 1.97. The lowest BCUT2D eigenvalue weighted by atomic mass is 10.1. The number of nitrogens with zero attached hydrogens (tertiary/aromatic N) is 2. The zero-order valence-corrected chi connectivity index (χ0v) is 8.26. The highest BCUT2D eigenvalue weighted by molar-refractivity contribution is 8.00. The molecule has 1 aliphatic rings. The van der Waals surface area contributed by atoms with Crippen molar-refractivity contribution in [2.75, 3.05) is 11.5 Å². The first kappa shape index (κ1) is 8.81. The van der Waals surface area contributed by atoms with Gasteiger partial charge in [-0.05, 0) is 30.7 Å². The van der Waals surface area contributed by atoms with Crippen LogP contribution in [0.4, 0.5) is 5.82 Å². The molecule has 1 unspecified atom stereocenters. The van der Waals surface area contributed by atoms with Crippen LogP contribution in [-0.4, -0.2) is 21.2 Å². The van der Waals surface area contributed by atoms with E-state index in [0.717, 1.165) is 17.4 Å². The quantitative estimate of drug-likeness (QED) is 0.777. The predicted molar refractivity (Wildman–Crippen MR) is 55.6 cm³/mol. The van der Waals surface area contributed by atoms with Gasteiger partial charge in [0.05, 0.1) is 5.69 Å². The van der Waals surface area contributed by atoms with E-state index in [4.69, 9.17) is 5.73 Å². The fraction of sp³-hybridized carbons (Fsp3) is 0.556. The molecule has 1 aliphatic heterocycles. The summed E-state index contributed by atoms with van der Waals surface area (Å²) in [5.41, 5.74) is 6.52. The van der Waals surface area contributed by atoms with Gasteiger partial charge in [0.2, 0.25) is 0 Å². The first-order valence-electron chi connectivity index (χ1n) is 4.54. The van der Waals surface area contributed by atoms with Crippen molar-refractivity contribution in [2.45, 2.75) is 24.5 Å². The molecule has 2 rings (SSSR count). The lowest BCUT2D eigenvalue weighted by molar-refractivity contribution is 0.752. The van der Waals surface area contributed by atoms with Crippen molar-refractivity contribution in [2.24, 2.45) is 0 Å². The molecule has 0 aromatic carbocycles. The van der Waals surface area contributed by atoms with Gasteiger partial charge in [-0.25, -0.2) is 0 Å². The van der Waals surface area contributed by atoms with E-state index in [1.54, 1.807) is 0 Å². The zero-order valence-electron chi connectivity index (χ0n) is 7.44. The maximum absolute atomic E-state index is 5.46. The number of rotatable bonds is 2. The number of nitrogens with two attached hydrogens (primary N) is 1. The van der Waals surface area contributed by atoms with Crippen LogP contribution in [0.3, 0.4) is 0 Å². The van der Waals surface area contributed by atoms with Crippen LogP contribution in [0.15, 0.2) is 12.1 Å². The second-order valence-corrected chi connectivity index (χ2v) is 4.70. The van der Waals surface area contributed by atoms with Gasteiger partial charge in [0.15, 0.2) is 0 Å². The Morgan fingerprint density at radius 2 is 2.38 bits per heavy atom. The van der Waals surface area contributed by atoms with Crippen LogP contribution in [0.2, 0.25) is 0 Å². The summed E-state index contributed by atoms with van der Waals surface area (Å²) in [6.45, 7) is 0. The molecule has 2 N–H and O–H groups in total. The van der Waals surface area contributed by atoms with Crippen molar-refractivity contribution in [1.82, 2.24) is 10.2 Å². The second kappa shape index (κ2) is 3.96. The van der Waals surface area contributed by atoms with Crippen molar-refractivity contribution in [3.63, 3.8) is 0 Å². The Hall–Kier alpha value is -0.770. The van der Waals surface area contributed by atoms with Crippen LogP contribution in [0.5, 0.6) is 0 Å². The van der Waals surface area contributed by atoms with Crippen LogP contribution < -0.4 is 5.73 Å². The molecule has 1 aromatic heterocycles. The second-order valence-electron chi connectivity index (χ2n) is 3.29. The topological polar surface area (TPSA) is 51.8 Å². The average Bonchev–Trinajstić information content (AvgIpc) is 2.62. The van der Waals surface area contributed by atoms with Crippen LogP contribution in [0.1, 0.15) is 18.5 Å². The summed E-state index contributed by atoms with van der Waals surface area (Å²) < 4.78 is 0. The van der Waals surface area contributed by atoms with Crippen molar-refractivity contribution in [3.05, 3.63) is 17.8 Å². The number of thioether (sulfide) groups is 1. The van der Waals surface area contributed by atoms with E-state index in [1.165, 1.54) is 18.6 Å². The molecular weight excluding hydrogens is 182 g/mol. The number of hydrogen-bond donors (Lipinski definition) is 1. The standard InChI is InChI=1S/C9H13N3S/c10-9-4-3-7(11-12-9)6-8-2-1-5-13-8/h3-4,8H,1-2,5-6H2,(H2,10,12). The van der Waals surface area contributed by atoms with Gasteiger partial charge in [-0.2, -0.15) is 16.9 Å². The van der Waals surface area contributed by atoms with E-state index in [-0.39, 0.29) is 0 Å². The molecule has 13 heavy (non-hydrogen) atoms. The number of nitrogen functional groups attached to an aromatic ring is 1. The largest absolute Gasteiger partial charge is 0.382 e. The number of hydrogen-bond acceptors (Lipinski definition) is 4. The molecule has 1 atom stereocenters. The minimum Gasteiger partial charge on any atom is -0.382 e. The summed E-state index contributed by atoms with van der Waals surface area (Å²) in [5.74, 6) is 1.80. The van der Waals surface area contributed by atoms with Gasteiger partial charge in [-0.3, -0.25) is 0 Å². The van der Waals surface area contributed by atoms with E-state index < -0.39 is 0 Å². The van der Waals surface area contributed by atoms with E-state index in [0.29, 0.717) is 5.82 Å². The molecule has 0 aliphatic carbocycles. The average molecular weight is 195 g/mol. The predicted octanol–water partition coefficient (Wildman–Crippen LogP) is 1.50. The highest BCUT2D eigenvalue weighted by atomic mass is 32.2. The number of anilines is 1. The SMILES string of the molecule is Nc1ccc(CC2CCCS2)nn1. The summed E-state index contributed by atoms with van der Waals surface area (Å²) in [6, 6.07) is 3.79. The summed E-state index contributed by atoms with van der Waals surface area (Å²) in [6.07, 6.45) is 3.70. The summed E-state index contributed by atoms with van der Waals surface area (Å²) in [4.78, 5) is 0. The molecule has 0 radical (unpaired) electrons. The highest BCUT2D eigenvalue weighted by Crippen LogP contribution is 2.28. The molecule has 0 spiro atoms. The van der Waals surface area contributed by atoms with Crippen LogP contribution in [0, 0.1) is 0 Å². The molecule has 0 saturated carbocycles. The van der Waals surface area contributed by atoms with Crippen molar-refractivity contribution in [3.8, 4) is 0 Å². The van der Waals surface area contributed by atoms with Crippen molar-refractivity contribution >= 4 is 17.6 Å². The lowest BCUT2D eigenvalue weighted by Gasteiger charge is -2.06. The number of aromatic nitrogens is 2. The van der Waals surface area contributed by atoms with Gasteiger partial charge in [0.1, 0.15) is 5.82 Å². The Bertz CT molecular complexity index is 267. The monoisotopic (exact) mass is 195 g/mol. The van der Waals surface area contributed by atoms with Crippen LogP contribution >= 0.6 is 11.8 Å². The molecule has 1 aromatic rings. The molecule has 4 heteroatoms. The molecule has 1 saturated heterocycles. The minimum atomic E-state index is 0.503. The third-order valence-electron chi connectivity index (χ3n) is 2.20. The molecule has 2 heterocycles. The van der Waals surface area contributed by atoms with Gasteiger partial charge in [0, 0.05) is 11.7 Å².